The van der Waals surface area contributed by atoms with Crippen LogP contribution < -0.4 is 9.47 Å². The molecule has 0 saturated heterocycles. The lowest BCUT2D eigenvalue weighted by molar-refractivity contribution is 0.0521. The van der Waals surface area contributed by atoms with E-state index in [1.54, 1.807) is 6.92 Å². The SMILES string of the molecule is CCOC(=O)c1cc(C)ccc1OCCCCCCOc1ccc(C)cc1C. The van der Waals surface area contributed by atoms with Gasteiger partial charge in [0.25, 0.3) is 0 Å². The summed E-state index contributed by atoms with van der Waals surface area (Å²) in [5.74, 6) is 1.24. The molecule has 0 atom stereocenters. The van der Waals surface area contributed by atoms with E-state index in [-0.39, 0.29) is 5.97 Å². The molecule has 0 radical (unpaired) electrons. The van der Waals surface area contributed by atoms with E-state index in [9.17, 15) is 4.79 Å². The van der Waals surface area contributed by atoms with Crippen molar-refractivity contribution in [3.05, 3.63) is 58.7 Å². The fraction of sp³-hybridized carbons (Fsp3) is 0.458. The number of hydrogen-bond acceptors (Lipinski definition) is 4. The molecule has 0 N–H and O–H groups in total. The third-order valence-corrected chi connectivity index (χ3v) is 4.51. The van der Waals surface area contributed by atoms with E-state index in [4.69, 9.17) is 14.2 Å². The molecule has 0 aliphatic carbocycles. The Morgan fingerprint density at radius 1 is 0.786 bits per heavy atom. The van der Waals surface area contributed by atoms with Gasteiger partial charge in [-0.1, -0.05) is 29.3 Å². The van der Waals surface area contributed by atoms with Crippen molar-refractivity contribution in [2.24, 2.45) is 0 Å². The number of aryl methyl sites for hydroxylation is 3. The highest BCUT2D eigenvalue weighted by molar-refractivity contribution is 5.92. The maximum absolute atomic E-state index is 12.1. The van der Waals surface area contributed by atoms with Crippen LogP contribution in [0.3, 0.4) is 0 Å². The van der Waals surface area contributed by atoms with Crippen molar-refractivity contribution in [2.75, 3.05) is 19.8 Å². The van der Waals surface area contributed by atoms with E-state index in [2.05, 4.69) is 26.0 Å². The largest absolute Gasteiger partial charge is 0.493 e. The summed E-state index contributed by atoms with van der Waals surface area (Å²) in [6.07, 6.45) is 4.12. The number of esters is 1. The molecule has 152 valence electrons. The predicted octanol–water partition coefficient (Wildman–Crippen LogP) is 5.81. The molecule has 0 aliphatic rings. The molecule has 2 aromatic rings. The van der Waals surface area contributed by atoms with Crippen molar-refractivity contribution < 1.29 is 19.0 Å². The summed E-state index contributed by atoms with van der Waals surface area (Å²) in [5.41, 5.74) is 3.95. The van der Waals surface area contributed by atoms with Crippen LogP contribution in [-0.4, -0.2) is 25.8 Å². The van der Waals surface area contributed by atoms with Crippen molar-refractivity contribution in [1.29, 1.82) is 0 Å². The quantitative estimate of drug-likeness (QED) is 0.362. The molecule has 0 amide bonds. The van der Waals surface area contributed by atoms with Crippen molar-refractivity contribution >= 4 is 5.97 Å². The molecule has 28 heavy (non-hydrogen) atoms. The summed E-state index contributed by atoms with van der Waals surface area (Å²) in [4.78, 5) is 12.1. The van der Waals surface area contributed by atoms with Crippen LogP contribution in [0, 0.1) is 20.8 Å². The minimum Gasteiger partial charge on any atom is -0.493 e. The highest BCUT2D eigenvalue weighted by Crippen LogP contribution is 2.22. The molecule has 0 fully saturated rings. The molecule has 0 aromatic heterocycles. The van der Waals surface area contributed by atoms with Crippen LogP contribution in [0.25, 0.3) is 0 Å². The van der Waals surface area contributed by atoms with Gasteiger partial charge >= 0.3 is 5.97 Å². The first-order valence-corrected chi connectivity index (χ1v) is 10.1. The summed E-state index contributed by atoms with van der Waals surface area (Å²) in [6, 6.07) is 11.9. The maximum atomic E-state index is 12.1. The van der Waals surface area contributed by atoms with Crippen molar-refractivity contribution in [3.63, 3.8) is 0 Å². The Balaban J connectivity index is 1.66. The van der Waals surface area contributed by atoms with E-state index < -0.39 is 0 Å². The molecule has 2 rings (SSSR count). The van der Waals surface area contributed by atoms with Crippen LogP contribution >= 0.6 is 0 Å². The molecular weight excluding hydrogens is 352 g/mol. The number of rotatable bonds is 11. The van der Waals surface area contributed by atoms with Crippen LogP contribution in [0.5, 0.6) is 11.5 Å². The maximum Gasteiger partial charge on any atom is 0.341 e. The average Bonchev–Trinajstić information content (AvgIpc) is 2.66. The van der Waals surface area contributed by atoms with Gasteiger partial charge in [0.05, 0.1) is 19.8 Å². The van der Waals surface area contributed by atoms with Gasteiger partial charge in [0.2, 0.25) is 0 Å². The Hall–Kier alpha value is -2.49. The Morgan fingerprint density at radius 3 is 1.96 bits per heavy atom. The van der Waals surface area contributed by atoms with Gasteiger partial charge < -0.3 is 14.2 Å². The Morgan fingerprint density at radius 2 is 1.36 bits per heavy atom. The van der Waals surface area contributed by atoms with E-state index in [1.165, 1.54) is 11.1 Å². The molecule has 0 spiro atoms. The minimum atomic E-state index is -0.329. The number of carbonyl (C=O) groups is 1. The second kappa shape index (κ2) is 11.4. The Labute approximate surface area is 168 Å². The summed E-state index contributed by atoms with van der Waals surface area (Å²) >= 11 is 0. The monoisotopic (exact) mass is 384 g/mol. The van der Waals surface area contributed by atoms with Crippen molar-refractivity contribution in [1.82, 2.24) is 0 Å². The van der Waals surface area contributed by atoms with Crippen LogP contribution in [0.2, 0.25) is 0 Å². The van der Waals surface area contributed by atoms with Crippen LogP contribution in [-0.2, 0) is 4.74 Å². The van der Waals surface area contributed by atoms with Gasteiger partial charge in [-0.3, -0.25) is 0 Å². The minimum absolute atomic E-state index is 0.329. The number of ether oxygens (including phenoxy) is 3. The number of hydrogen-bond donors (Lipinski definition) is 0. The van der Waals surface area contributed by atoms with E-state index in [1.807, 2.05) is 31.2 Å². The molecule has 2 aromatic carbocycles. The molecule has 0 heterocycles. The molecule has 0 aliphatic heterocycles. The smallest absolute Gasteiger partial charge is 0.341 e. The van der Waals surface area contributed by atoms with Gasteiger partial charge in [0.1, 0.15) is 17.1 Å². The number of benzene rings is 2. The normalized spacial score (nSPS) is 10.6. The highest BCUT2D eigenvalue weighted by Gasteiger charge is 2.13. The number of carbonyl (C=O) groups excluding carboxylic acids is 1. The average molecular weight is 385 g/mol. The van der Waals surface area contributed by atoms with Gasteiger partial charge in [0.15, 0.2) is 0 Å². The Bertz CT molecular complexity index is 767. The van der Waals surface area contributed by atoms with Crippen LogP contribution in [0.4, 0.5) is 0 Å². The van der Waals surface area contributed by atoms with Gasteiger partial charge in [-0.2, -0.15) is 0 Å². The molecule has 4 nitrogen and oxygen atoms in total. The van der Waals surface area contributed by atoms with Crippen molar-refractivity contribution in [3.8, 4) is 11.5 Å². The molecule has 4 heteroatoms. The van der Waals surface area contributed by atoms with Gasteiger partial charge in [-0.15, -0.1) is 0 Å². The summed E-state index contributed by atoms with van der Waals surface area (Å²) in [7, 11) is 0. The standard InChI is InChI=1S/C24H32O4/c1-5-26-24(25)21-17-19(3)11-13-23(21)28-15-9-7-6-8-14-27-22-12-10-18(2)16-20(22)4/h10-13,16-17H,5-9,14-15H2,1-4H3. The second-order valence-corrected chi connectivity index (χ2v) is 7.10. The summed E-state index contributed by atoms with van der Waals surface area (Å²) in [5, 5.41) is 0. The molecule has 0 bridgehead atoms. The lowest BCUT2D eigenvalue weighted by atomic mass is 10.1. The van der Waals surface area contributed by atoms with Crippen LogP contribution in [0.15, 0.2) is 36.4 Å². The predicted molar refractivity (Wildman–Crippen MR) is 113 cm³/mol. The fourth-order valence-electron chi connectivity index (χ4n) is 3.02. The topological polar surface area (TPSA) is 44.8 Å². The Kier molecular flexibility index (Phi) is 8.86. The van der Waals surface area contributed by atoms with Gasteiger partial charge in [-0.05, 0) is 77.1 Å². The van der Waals surface area contributed by atoms with E-state index >= 15 is 0 Å². The van der Waals surface area contributed by atoms with Crippen LogP contribution in [0.1, 0.15) is 59.7 Å². The van der Waals surface area contributed by atoms with Gasteiger partial charge in [-0.25, -0.2) is 4.79 Å². The molecule has 0 saturated carbocycles. The lowest BCUT2D eigenvalue weighted by Crippen LogP contribution is -2.09. The molecular formula is C24H32O4. The summed E-state index contributed by atoms with van der Waals surface area (Å²) < 4.78 is 16.8. The zero-order chi connectivity index (χ0) is 20.4. The zero-order valence-corrected chi connectivity index (χ0v) is 17.5. The van der Waals surface area contributed by atoms with E-state index in [0.29, 0.717) is 24.5 Å². The third kappa shape index (κ3) is 6.91. The zero-order valence-electron chi connectivity index (χ0n) is 17.5. The lowest BCUT2D eigenvalue weighted by Gasteiger charge is -2.12. The summed E-state index contributed by atoms with van der Waals surface area (Å²) in [6.45, 7) is 9.60. The second-order valence-electron chi connectivity index (χ2n) is 7.10. The van der Waals surface area contributed by atoms with Crippen molar-refractivity contribution in [2.45, 2.75) is 53.4 Å². The van der Waals surface area contributed by atoms with Gasteiger partial charge in [0, 0.05) is 0 Å². The fourth-order valence-corrected chi connectivity index (χ4v) is 3.02. The first kappa shape index (κ1) is 21.8. The highest BCUT2D eigenvalue weighted by atomic mass is 16.5. The third-order valence-electron chi connectivity index (χ3n) is 4.51. The first-order chi connectivity index (χ1) is 13.5. The molecule has 0 unspecified atom stereocenters. The van der Waals surface area contributed by atoms with E-state index in [0.717, 1.165) is 43.6 Å². The number of unbranched alkanes of at least 4 members (excludes halogenated alkanes) is 3. The first-order valence-electron chi connectivity index (χ1n) is 10.1.